The van der Waals surface area contributed by atoms with Crippen molar-refractivity contribution in [1.82, 2.24) is 14.8 Å². The molecule has 0 fully saturated rings. The number of rotatable bonds is 8. The molecule has 0 atom stereocenters. The molecule has 0 saturated carbocycles. The van der Waals surface area contributed by atoms with Gasteiger partial charge in [0.05, 0.1) is 5.75 Å². The number of hydrogen-bond donors (Lipinski definition) is 1. The zero-order valence-corrected chi connectivity index (χ0v) is 20.2. The lowest BCUT2D eigenvalue weighted by Crippen LogP contribution is -2.15. The number of ether oxygens (including phenoxy) is 1. The Labute approximate surface area is 199 Å². The minimum atomic E-state index is -0.0871. The summed E-state index contributed by atoms with van der Waals surface area (Å²) in [4.78, 5) is 12.4. The Balaban J connectivity index is 1.39. The largest absolute Gasteiger partial charge is 0.485 e. The third-order valence-corrected chi connectivity index (χ3v) is 6.85. The molecule has 0 saturated heterocycles. The summed E-state index contributed by atoms with van der Waals surface area (Å²) >= 11 is 4.83. The average Bonchev–Trinajstić information content (AvgIpc) is 3.20. The van der Waals surface area contributed by atoms with Crippen LogP contribution in [-0.2, 0) is 17.9 Å². The van der Waals surface area contributed by atoms with Gasteiger partial charge in [-0.15, -0.1) is 10.2 Å². The molecule has 1 N–H and O–H groups in total. The Morgan fingerprint density at radius 3 is 2.75 bits per heavy atom. The van der Waals surface area contributed by atoms with Gasteiger partial charge in [0.25, 0.3) is 0 Å². The maximum atomic E-state index is 12.4. The lowest BCUT2D eigenvalue weighted by Gasteiger charge is -2.11. The van der Waals surface area contributed by atoms with Gasteiger partial charge in [-0.05, 0) is 49.1 Å². The van der Waals surface area contributed by atoms with Crippen LogP contribution in [0.3, 0.4) is 0 Å². The van der Waals surface area contributed by atoms with E-state index in [0.717, 1.165) is 38.1 Å². The number of hydrogen-bond acceptors (Lipinski definition) is 5. The summed E-state index contributed by atoms with van der Waals surface area (Å²) in [5, 5.41) is 14.4. The zero-order valence-electron chi connectivity index (χ0n) is 17.8. The number of thioether (sulfide) groups is 1. The standard InChI is InChI=1S/C24H23BrN4O2S/c1-3-29-22(14-31-21-10-6-8-17-7-4-5-9-19(17)21)27-28-24(29)32-15-23(30)26-18-11-12-20(25)16(2)13-18/h4-13H,3,14-15H2,1-2H3,(H,26,30). The maximum absolute atomic E-state index is 12.4. The first-order valence-corrected chi connectivity index (χ1v) is 12.0. The van der Waals surface area contributed by atoms with Crippen LogP contribution in [0.1, 0.15) is 18.3 Å². The highest BCUT2D eigenvalue weighted by atomic mass is 79.9. The lowest BCUT2D eigenvalue weighted by atomic mass is 10.1. The van der Waals surface area contributed by atoms with Crippen molar-refractivity contribution in [2.24, 2.45) is 0 Å². The Morgan fingerprint density at radius 1 is 1.12 bits per heavy atom. The van der Waals surface area contributed by atoms with E-state index in [1.165, 1.54) is 11.8 Å². The highest BCUT2D eigenvalue weighted by molar-refractivity contribution is 9.10. The van der Waals surface area contributed by atoms with Gasteiger partial charge in [0, 0.05) is 22.1 Å². The van der Waals surface area contributed by atoms with Crippen molar-refractivity contribution < 1.29 is 9.53 Å². The third-order valence-electron chi connectivity index (χ3n) is 4.99. The molecule has 8 heteroatoms. The number of carbonyl (C=O) groups excluding carboxylic acids is 1. The van der Waals surface area contributed by atoms with Crippen molar-refractivity contribution in [3.05, 3.63) is 76.5 Å². The van der Waals surface area contributed by atoms with Gasteiger partial charge in [-0.3, -0.25) is 4.79 Å². The van der Waals surface area contributed by atoms with Crippen LogP contribution >= 0.6 is 27.7 Å². The number of carbonyl (C=O) groups is 1. The van der Waals surface area contributed by atoms with E-state index in [4.69, 9.17) is 4.74 Å². The number of fused-ring (bicyclic) bond motifs is 1. The number of benzene rings is 3. The fourth-order valence-corrected chi connectivity index (χ4v) is 4.43. The van der Waals surface area contributed by atoms with E-state index in [-0.39, 0.29) is 11.7 Å². The summed E-state index contributed by atoms with van der Waals surface area (Å²) in [6.07, 6.45) is 0. The second kappa shape index (κ2) is 10.2. The van der Waals surface area contributed by atoms with Gasteiger partial charge in [0.2, 0.25) is 5.91 Å². The molecule has 4 aromatic rings. The predicted molar refractivity (Wildman–Crippen MR) is 132 cm³/mol. The maximum Gasteiger partial charge on any atom is 0.234 e. The summed E-state index contributed by atoms with van der Waals surface area (Å²) in [6, 6.07) is 19.8. The number of anilines is 1. The molecule has 0 radical (unpaired) electrons. The molecule has 0 aliphatic heterocycles. The molecular formula is C24H23BrN4O2S. The van der Waals surface area contributed by atoms with E-state index in [9.17, 15) is 4.79 Å². The molecule has 32 heavy (non-hydrogen) atoms. The van der Waals surface area contributed by atoms with Crippen LogP contribution in [0.4, 0.5) is 5.69 Å². The van der Waals surface area contributed by atoms with Crippen molar-refractivity contribution in [1.29, 1.82) is 0 Å². The van der Waals surface area contributed by atoms with Crippen LogP contribution in [0, 0.1) is 6.92 Å². The smallest absolute Gasteiger partial charge is 0.234 e. The molecule has 0 unspecified atom stereocenters. The van der Waals surface area contributed by atoms with Gasteiger partial charge < -0.3 is 14.6 Å². The van der Waals surface area contributed by atoms with E-state index < -0.39 is 0 Å². The second-order valence-electron chi connectivity index (χ2n) is 7.21. The Hall–Kier alpha value is -2.84. The highest BCUT2D eigenvalue weighted by Gasteiger charge is 2.14. The van der Waals surface area contributed by atoms with Gasteiger partial charge in [-0.2, -0.15) is 0 Å². The molecular weight excluding hydrogens is 488 g/mol. The minimum absolute atomic E-state index is 0.0871. The fraction of sp³-hybridized carbons (Fsp3) is 0.208. The van der Waals surface area contributed by atoms with E-state index in [1.54, 1.807) is 0 Å². The summed E-state index contributed by atoms with van der Waals surface area (Å²) in [5.74, 6) is 1.70. The quantitative estimate of drug-likeness (QED) is 0.302. The minimum Gasteiger partial charge on any atom is -0.485 e. The van der Waals surface area contributed by atoms with E-state index in [0.29, 0.717) is 18.3 Å². The topological polar surface area (TPSA) is 69.0 Å². The number of nitrogens with zero attached hydrogens (tertiary/aromatic N) is 3. The first-order valence-electron chi connectivity index (χ1n) is 10.3. The summed E-state index contributed by atoms with van der Waals surface area (Å²) < 4.78 is 9.06. The molecule has 0 spiro atoms. The number of nitrogens with one attached hydrogen (secondary N) is 1. The molecule has 6 nitrogen and oxygen atoms in total. The number of amides is 1. The Bertz CT molecular complexity index is 1250. The van der Waals surface area contributed by atoms with Crippen LogP contribution in [0.5, 0.6) is 5.75 Å². The van der Waals surface area contributed by atoms with Crippen molar-refractivity contribution in [3.63, 3.8) is 0 Å². The number of halogens is 1. The van der Waals surface area contributed by atoms with Crippen LogP contribution in [0.15, 0.2) is 70.3 Å². The lowest BCUT2D eigenvalue weighted by molar-refractivity contribution is -0.113. The van der Waals surface area contributed by atoms with Gasteiger partial charge in [0.1, 0.15) is 12.4 Å². The van der Waals surface area contributed by atoms with Crippen LogP contribution in [0.2, 0.25) is 0 Å². The SMILES string of the molecule is CCn1c(COc2cccc3ccccc23)nnc1SCC(=O)Nc1ccc(Br)c(C)c1. The second-order valence-corrected chi connectivity index (χ2v) is 9.01. The van der Waals surface area contributed by atoms with Crippen LogP contribution in [-0.4, -0.2) is 26.4 Å². The van der Waals surface area contributed by atoms with Crippen molar-refractivity contribution >= 4 is 50.1 Å². The van der Waals surface area contributed by atoms with Crippen molar-refractivity contribution in [3.8, 4) is 5.75 Å². The monoisotopic (exact) mass is 510 g/mol. The molecule has 0 aliphatic carbocycles. The highest BCUT2D eigenvalue weighted by Crippen LogP contribution is 2.26. The van der Waals surface area contributed by atoms with Crippen molar-refractivity contribution in [2.45, 2.75) is 32.2 Å². The van der Waals surface area contributed by atoms with Gasteiger partial charge in [-0.25, -0.2) is 0 Å². The van der Waals surface area contributed by atoms with Gasteiger partial charge in [0.15, 0.2) is 11.0 Å². The summed E-state index contributed by atoms with van der Waals surface area (Å²) in [6.45, 7) is 5.01. The molecule has 164 valence electrons. The molecule has 3 aromatic carbocycles. The normalized spacial score (nSPS) is 11.0. The third kappa shape index (κ3) is 5.14. The molecule has 4 rings (SSSR count). The van der Waals surface area contributed by atoms with E-state index >= 15 is 0 Å². The average molecular weight is 511 g/mol. The zero-order chi connectivity index (χ0) is 22.5. The van der Waals surface area contributed by atoms with Crippen molar-refractivity contribution in [2.75, 3.05) is 11.1 Å². The van der Waals surface area contributed by atoms with E-state index in [2.05, 4.69) is 43.6 Å². The Kier molecular flexibility index (Phi) is 7.12. The van der Waals surface area contributed by atoms with Gasteiger partial charge in [-0.1, -0.05) is 64.1 Å². The number of aromatic nitrogens is 3. The molecule has 1 aromatic heterocycles. The predicted octanol–water partition coefficient (Wildman–Crippen LogP) is 5.83. The Morgan fingerprint density at radius 2 is 1.94 bits per heavy atom. The number of aryl methyl sites for hydroxylation is 1. The molecule has 0 bridgehead atoms. The first kappa shape index (κ1) is 22.4. The fourth-order valence-electron chi connectivity index (χ4n) is 3.36. The molecule has 1 heterocycles. The van der Waals surface area contributed by atoms with Gasteiger partial charge >= 0.3 is 0 Å². The molecule has 0 aliphatic rings. The van der Waals surface area contributed by atoms with Crippen LogP contribution < -0.4 is 10.1 Å². The summed E-state index contributed by atoms with van der Waals surface area (Å²) in [5.41, 5.74) is 1.84. The van der Waals surface area contributed by atoms with E-state index in [1.807, 2.05) is 66.9 Å². The summed E-state index contributed by atoms with van der Waals surface area (Å²) in [7, 11) is 0. The van der Waals surface area contributed by atoms with Crippen LogP contribution in [0.25, 0.3) is 10.8 Å². The first-order chi connectivity index (χ1) is 15.5. The molecule has 1 amide bonds.